The molecule has 0 fully saturated rings. The third-order valence-electron chi connectivity index (χ3n) is 3.21. The minimum absolute atomic E-state index is 0.381. The van der Waals surface area contributed by atoms with Gasteiger partial charge in [-0.15, -0.1) is 0 Å². The van der Waals surface area contributed by atoms with Crippen LogP contribution in [0.3, 0.4) is 0 Å². The van der Waals surface area contributed by atoms with Crippen molar-refractivity contribution in [2.24, 2.45) is 0 Å². The summed E-state index contributed by atoms with van der Waals surface area (Å²) in [4.78, 5) is 3.97. The van der Waals surface area contributed by atoms with E-state index in [0.29, 0.717) is 22.3 Å². The second-order valence-electron chi connectivity index (χ2n) is 4.86. The highest BCUT2D eigenvalue weighted by Crippen LogP contribution is 2.26. The van der Waals surface area contributed by atoms with Gasteiger partial charge < -0.3 is 0 Å². The highest BCUT2D eigenvalue weighted by molar-refractivity contribution is 7.92. The predicted octanol–water partition coefficient (Wildman–Crippen LogP) is 3.48. The quantitative estimate of drug-likeness (QED) is 0.805. The second-order valence-corrected chi connectivity index (χ2v) is 6.52. The Balaban J connectivity index is 2.12. The van der Waals surface area contributed by atoms with Crippen LogP contribution < -0.4 is 4.72 Å². The molecule has 0 saturated heterocycles. The van der Waals surface area contributed by atoms with Crippen molar-refractivity contribution < 1.29 is 12.8 Å². The number of pyridine rings is 1. The maximum atomic E-state index is 13.7. The molecule has 4 nitrogen and oxygen atoms in total. The zero-order valence-electron chi connectivity index (χ0n) is 11.7. The molecule has 0 aliphatic carbocycles. The Labute approximate surface area is 127 Å². The fourth-order valence-electron chi connectivity index (χ4n) is 2.25. The van der Waals surface area contributed by atoms with Crippen LogP contribution in [0.25, 0.3) is 10.9 Å². The molecule has 1 heterocycles. The Hall–Kier alpha value is -2.47. The lowest BCUT2D eigenvalue weighted by atomic mass is 10.2. The summed E-state index contributed by atoms with van der Waals surface area (Å²) in [5.74, 6) is -0.787. The normalized spacial score (nSPS) is 11.5. The summed E-state index contributed by atoms with van der Waals surface area (Å²) in [6.45, 7) is 1.77. The van der Waals surface area contributed by atoms with Gasteiger partial charge in [-0.2, -0.15) is 0 Å². The number of aromatic nitrogens is 1. The van der Waals surface area contributed by atoms with Crippen molar-refractivity contribution in [1.29, 1.82) is 0 Å². The van der Waals surface area contributed by atoms with E-state index in [1.54, 1.807) is 31.2 Å². The van der Waals surface area contributed by atoms with Crippen molar-refractivity contribution in [1.82, 2.24) is 4.98 Å². The standard InChI is InChI=1S/C16H13FN2O2S/c1-11-10-15(12-6-2-4-8-14(12)18-11)19-22(20,21)16-9-5-3-7-13(16)17/h2-10H,1H3,(H,18,19). The van der Waals surface area contributed by atoms with E-state index in [1.807, 2.05) is 6.07 Å². The first-order valence-electron chi connectivity index (χ1n) is 6.61. The van der Waals surface area contributed by atoms with Gasteiger partial charge in [0.05, 0.1) is 11.2 Å². The molecule has 0 atom stereocenters. The number of anilines is 1. The van der Waals surface area contributed by atoms with Gasteiger partial charge in [0, 0.05) is 11.1 Å². The molecule has 3 rings (SSSR count). The van der Waals surface area contributed by atoms with Crippen molar-refractivity contribution in [2.75, 3.05) is 4.72 Å². The molecular weight excluding hydrogens is 303 g/mol. The minimum atomic E-state index is -4.01. The summed E-state index contributed by atoms with van der Waals surface area (Å²) in [7, 11) is -4.01. The first-order valence-corrected chi connectivity index (χ1v) is 8.09. The Morgan fingerprint density at radius 3 is 2.50 bits per heavy atom. The van der Waals surface area contributed by atoms with E-state index >= 15 is 0 Å². The summed E-state index contributed by atoms with van der Waals surface area (Å²) >= 11 is 0. The molecule has 2 aromatic carbocycles. The molecule has 0 spiro atoms. The van der Waals surface area contributed by atoms with Gasteiger partial charge in [-0.25, -0.2) is 12.8 Å². The smallest absolute Gasteiger partial charge is 0.264 e. The molecule has 0 saturated carbocycles. The van der Waals surface area contributed by atoms with Gasteiger partial charge in [-0.1, -0.05) is 30.3 Å². The van der Waals surface area contributed by atoms with Crippen LogP contribution in [0, 0.1) is 12.7 Å². The van der Waals surface area contributed by atoms with Crippen LogP contribution >= 0.6 is 0 Å². The number of benzene rings is 2. The maximum absolute atomic E-state index is 13.7. The van der Waals surface area contributed by atoms with Gasteiger partial charge in [0.1, 0.15) is 10.7 Å². The fourth-order valence-corrected chi connectivity index (χ4v) is 3.41. The van der Waals surface area contributed by atoms with Crippen LogP contribution in [0.1, 0.15) is 5.69 Å². The molecule has 0 aliphatic heterocycles. The molecule has 0 bridgehead atoms. The third kappa shape index (κ3) is 2.65. The monoisotopic (exact) mass is 316 g/mol. The minimum Gasteiger partial charge on any atom is -0.279 e. The van der Waals surface area contributed by atoms with Crippen molar-refractivity contribution >= 4 is 26.6 Å². The number of nitrogens with one attached hydrogen (secondary N) is 1. The summed E-state index contributed by atoms with van der Waals surface area (Å²) in [5.41, 5.74) is 1.73. The number of nitrogens with zero attached hydrogens (tertiary/aromatic N) is 1. The van der Waals surface area contributed by atoms with Gasteiger partial charge in [0.2, 0.25) is 0 Å². The second kappa shape index (κ2) is 5.38. The number of aryl methyl sites for hydroxylation is 1. The SMILES string of the molecule is Cc1cc(NS(=O)(=O)c2ccccc2F)c2ccccc2n1. The highest BCUT2D eigenvalue weighted by Gasteiger charge is 2.19. The van der Waals surface area contributed by atoms with Crippen LogP contribution in [-0.4, -0.2) is 13.4 Å². The summed E-state index contributed by atoms with van der Waals surface area (Å²) < 4.78 is 41.0. The van der Waals surface area contributed by atoms with Crippen molar-refractivity contribution in [3.8, 4) is 0 Å². The van der Waals surface area contributed by atoms with E-state index in [1.165, 1.54) is 18.2 Å². The average Bonchev–Trinajstić information content (AvgIpc) is 2.47. The zero-order chi connectivity index (χ0) is 15.7. The predicted molar refractivity (Wildman–Crippen MR) is 83.7 cm³/mol. The topological polar surface area (TPSA) is 59.1 Å². The van der Waals surface area contributed by atoms with E-state index in [9.17, 15) is 12.8 Å². The zero-order valence-corrected chi connectivity index (χ0v) is 12.6. The van der Waals surface area contributed by atoms with E-state index in [-0.39, 0.29) is 4.90 Å². The van der Waals surface area contributed by atoms with E-state index < -0.39 is 15.8 Å². The summed E-state index contributed by atoms with van der Waals surface area (Å²) in [5, 5.41) is 0.660. The number of hydrogen-bond donors (Lipinski definition) is 1. The van der Waals surface area contributed by atoms with Crippen LogP contribution in [0.15, 0.2) is 59.5 Å². The summed E-state index contributed by atoms with van der Waals surface area (Å²) in [6.07, 6.45) is 0. The first kappa shape index (κ1) is 14.5. The van der Waals surface area contributed by atoms with Crippen LogP contribution in [-0.2, 0) is 10.0 Å². The molecule has 112 valence electrons. The molecule has 22 heavy (non-hydrogen) atoms. The average molecular weight is 316 g/mol. The number of para-hydroxylation sites is 1. The van der Waals surface area contributed by atoms with Gasteiger partial charge in [0.25, 0.3) is 10.0 Å². The number of fused-ring (bicyclic) bond motifs is 1. The molecule has 0 amide bonds. The Morgan fingerprint density at radius 1 is 1.05 bits per heavy atom. The summed E-state index contributed by atoms with van der Waals surface area (Å²) in [6, 6.07) is 14.1. The lowest BCUT2D eigenvalue weighted by Gasteiger charge is -2.12. The molecule has 0 unspecified atom stereocenters. The van der Waals surface area contributed by atoms with Gasteiger partial charge in [-0.3, -0.25) is 9.71 Å². The lowest BCUT2D eigenvalue weighted by molar-refractivity contribution is 0.570. The number of halogens is 1. The first-order chi connectivity index (χ1) is 10.5. The molecule has 1 aromatic heterocycles. The molecule has 1 N–H and O–H groups in total. The Morgan fingerprint density at radius 2 is 1.73 bits per heavy atom. The van der Waals surface area contributed by atoms with Crippen molar-refractivity contribution in [2.45, 2.75) is 11.8 Å². The number of sulfonamides is 1. The molecule has 0 aliphatic rings. The van der Waals surface area contributed by atoms with Crippen molar-refractivity contribution in [3.63, 3.8) is 0 Å². The Kier molecular flexibility index (Phi) is 3.54. The van der Waals surface area contributed by atoms with Gasteiger partial charge in [-0.05, 0) is 31.2 Å². The van der Waals surface area contributed by atoms with Crippen molar-refractivity contribution in [3.05, 3.63) is 66.1 Å². The van der Waals surface area contributed by atoms with Crippen LogP contribution in [0.2, 0.25) is 0 Å². The van der Waals surface area contributed by atoms with Crippen LogP contribution in [0.4, 0.5) is 10.1 Å². The fraction of sp³-hybridized carbons (Fsp3) is 0.0625. The maximum Gasteiger partial charge on any atom is 0.264 e. The number of hydrogen-bond acceptors (Lipinski definition) is 3. The van der Waals surface area contributed by atoms with E-state index in [2.05, 4.69) is 9.71 Å². The van der Waals surface area contributed by atoms with E-state index in [0.717, 1.165) is 6.07 Å². The highest BCUT2D eigenvalue weighted by atomic mass is 32.2. The van der Waals surface area contributed by atoms with E-state index in [4.69, 9.17) is 0 Å². The molecule has 0 radical (unpaired) electrons. The molecular formula is C16H13FN2O2S. The third-order valence-corrected chi connectivity index (χ3v) is 4.61. The largest absolute Gasteiger partial charge is 0.279 e. The molecule has 3 aromatic rings. The van der Waals surface area contributed by atoms with Gasteiger partial charge in [0.15, 0.2) is 0 Å². The van der Waals surface area contributed by atoms with Gasteiger partial charge >= 0.3 is 0 Å². The lowest BCUT2D eigenvalue weighted by Crippen LogP contribution is -2.15. The van der Waals surface area contributed by atoms with Crippen LogP contribution in [0.5, 0.6) is 0 Å². The number of rotatable bonds is 3. The molecule has 6 heteroatoms. The Bertz CT molecular complexity index is 955.